The second-order valence-electron chi connectivity index (χ2n) is 26.1. The number of nitrogens with one attached hydrogen (secondary N) is 1. The first-order chi connectivity index (χ1) is 41.9. The molecule has 0 saturated carbocycles. The Morgan fingerprint density at radius 1 is 0.419 bits per heavy atom. The zero-order valence-electron chi connectivity index (χ0n) is 57.5. The number of phosphoric acid groups is 1. The number of rotatable bonds is 67. The molecule has 1 amide bonds. The number of likely N-dealkylation sites (N-methyl/N-ethyl adjacent to an activating group) is 1. The number of hydrogen-bond acceptors (Lipinski definition) is 7. The van der Waals surface area contributed by atoms with Crippen molar-refractivity contribution in [3.63, 3.8) is 0 Å². The molecule has 502 valence electrons. The molecule has 3 atom stereocenters. The van der Waals surface area contributed by atoms with Crippen molar-refractivity contribution in [1.82, 2.24) is 5.32 Å². The lowest BCUT2D eigenvalue weighted by Crippen LogP contribution is -2.47. The maximum absolute atomic E-state index is 13.6. The van der Waals surface area contributed by atoms with Crippen molar-refractivity contribution in [2.24, 2.45) is 0 Å². The Hall–Kier alpha value is -2.55. The largest absolute Gasteiger partial charge is 0.756 e. The van der Waals surface area contributed by atoms with Crippen molar-refractivity contribution in [2.45, 2.75) is 360 Å². The van der Waals surface area contributed by atoms with Gasteiger partial charge in [0.15, 0.2) is 0 Å². The van der Waals surface area contributed by atoms with Gasteiger partial charge in [0.1, 0.15) is 19.3 Å². The van der Waals surface area contributed by atoms with E-state index < -0.39 is 20.0 Å². The number of quaternary nitrogens is 1. The van der Waals surface area contributed by atoms with Crippen LogP contribution in [0, 0.1) is 0 Å². The van der Waals surface area contributed by atoms with E-state index in [2.05, 4.69) is 86.8 Å². The summed E-state index contributed by atoms with van der Waals surface area (Å²) >= 11 is 0. The molecular weight excluding hydrogens is 1080 g/mol. The van der Waals surface area contributed by atoms with Crippen LogP contribution in [0.4, 0.5) is 0 Å². The Morgan fingerprint density at radius 3 is 1.12 bits per heavy atom. The summed E-state index contributed by atoms with van der Waals surface area (Å²) < 4.78 is 30.5. The molecule has 1 N–H and O–H groups in total. The van der Waals surface area contributed by atoms with Gasteiger partial charge in [0.05, 0.1) is 33.8 Å². The fourth-order valence-electron chi connectivity index (χ4n) is 10.8. The van der Waals surface area contributed by atoms with Gasteiger partial charge in [-0.3, -0.25) is 14.2 Å². The molecule has 10 heteroatoms. The third-order valence-electron chi connectivity index (χ3n) is 16.4. The standard InChI is InChI=1S/C76H141N2O7P/c1-7-10-13-16-19-22-25-28-30-32-34-36-38-39-41-43-45-47-49-51-54-57-60-63-66-69-76(80)85-74(67-64-61-58-55-52-27-24-21-18-15-12-9-3)73(72-84-86(81,82)83-71-70-78(4,5)6)77-75(79)68-65-62-59-56-53-50-48-46-44-42-40-37-35-33-31-29-26-23-20-17-14-11-8-2/h10,13,19,22,28,30,34,36,39,41,64,67,73-74H,7-9,11-12,14-18,20-21,23-27,29,31-33,35,37-38,40,42-63,65-66,68-72H2,1-6H3,(H-,77,79,81,82)/b13-10-,22-19-,30-28-,36-34-,41-39-,67-64+. The number of allylic oxidation sites excluding steroid dienone is 11. The van der Waals surface area contributed by atoms with Gasteiger partial charge in [-0.25, -0.2) is 0 Å². The summed E-state index contributed by atoms with van der Waals surface area (Å²) in [5.41, 5.74) is 0. The first-order valence-electron chi connectivity index (χ1n) is 36.7. The zero-order chi connectivity index (χ0) is 62.8. The molecule has 0 aliphatic carbocycles. The Morgan fingerprint density at radius 2 is 0.744 bits per heavy atom. The van der Waals surface area contributed by atoms with Gasteiger partial charge in [0, 0.05) is 12.8 Å². The number of nitrogens with zero attached hydrogens (tertiary/aromatic N) is 1. The van der Waals surface area contributed by atoms with Crippen molar-refractivity contribution < 1.29 is 37.3 Å². The second-order valence-corrected chi connectivity index (χ2v) is 27.5. The van der Waals surface area contributed by atoms with Gasteiger partial charge in [0.25, 0.3) is 7.82 Å². The van der Waals surface area contributed by atoms with Crippen molar-refractivity contribution in [2.75, 3.05) is 40.9 Å². The zero-order valence-corrected chi connectivity index (χ0v) is 58.4. The van der Waals surface area contributed by atoms with Crippen LogP contribution in [0.2, 0.25) is 0 Å². The molecule has 86 heavy (non-hydrogen) atoms. The van der Waals surface area contributed by atoms with Gasteiger partial charge in [-0.15, -0.1) is 0 Å². The van der Waals surface area contributed by atoms with Gasteiger partial charge in [-0.2, -0.15) is 0 Å². The first kappa shape index (κ1) is 83.5. The minimum atomic E-state index is -4.71. The van der Waals surface area contributed by atoms with Crippen LogP contribution in [-0.2, 0) is 27.9 Å². The van der Waals surface area contributed by atoms with Crippen LogP contribution in [0.3, 0.4) is 0 Å². The number of phosphoric ester groups is 1. The van der Waals surface area contributed by atoms with E-state index in [-0.39, 0.29) is 31.5 Å². The quantitative estimate of drug-likeness (QED) is 0.0212. The maximum atomic E-state index is 13.6. The monoisotopic (exact) mass is 1230 g/mol. The van der Waals surface area contributed by atoms with E-state index in [4.69, 9.17) is 13.8 Å². The van der Waals surface area contributed by atoms with Gasteiger partial charge in [0.2, 0.25) is 5.91 Å². The van der Waals surface area contributed by atoms with Crippen molar-refractivity contribution in [3.8, 4) is 0 Å². The lowest BCUT2D eigenvalue weighted by molar-refractivity contribution is -0.870. The van der Waals surface area contributed by atoms with Gasteiger partial charge < -0.3 is 28.5 Å². The highest BCUT2D eigenvalue weighted by atomic mass is 31.2. The van der Waals surface area contributed by atoms with E-state index in [9.17, 15) is 19.0 Å². The summed E-state index contributed by atoms with van der Waals surface area (Å²) in [4.78, 5) is 40.2. The molecule has 0 saturated heterocycles. The molecular formula is C76H141N2O7P. The second kappa shape index (κ2) is 65.4. The number of unbranched alkanes of at least 4 members (excludes halogenated alkanes) is 41. The highest BCUT2D eigenvalue weighted by Gasteiger charge is 2.27. The van der Waals surface area contributed by atoms with Crippen LogP contribution < -0.4 is 10.2 Å². The first-order valence-corrected chi connectivity index (χ1v) is 38.2. The summed E-state index contributed by atoms with van der Waals surface area (Å²) in [5.74, 6) is -0.534. The van der Waals surface area contributed by atoms with Gasteiger partial charge >= 0.3 is 5.97 Å². The lowest BCUT2D eigenvalue weighted by atomic mass is 10.0. The molecule has 3 unspecified atom stereocenters. The van der Waals surface area contributed by atoms with Crippen LogP contribution in [0.15, 0.2) is 72.9 Å². The maximum Gasteiger partial charge on any atom is 0.306 e. The molecule has 0 rings (SSSR count). The molecule has 0 fully saturated rings. The van der Waals surface area contributed by atoms with E-state index in [1.54, 1.807) is 0 Å². The molecule has 0 aliphatic rings. The molecule has 9 nitrogen and oxygen atoms in total. The normalized spacial score (nSPS) is 13.9. The molecule has 0 spiro atoms. The number of esters is 1. The van der Waals surface area contributed by atoms with Crippen molar-refractivity contribution in [1.29, 1.82) is 0 Å². The average Bonchev–Trinajstić information content (AvgIpc) is 3.65. The number of carbonyl (C=O) groups excluding carboxylic acids is 2. The van der Waals surface area contributed by atoms with Crippen LogP contribution in [-0.4, -0.2) is 69.4 Å². The van der Waals surface area contributed by atoms with Gasteiger partial charge in [-0.1, -0.05) is 332 Å². The third-order valence-corrected chi connectivity index (χ3v) is 17.4. The topological polar surface area (TPSA) is 114 Å². The Balaban J connectivity index is 5.03. The highest BCUT2D eigenvalue weighted by Crippen LogP contribution is 2.38. The summed E-state index contributed by atoms with van der Waals surface area (Å²) in [6.07, 6.45) is 86.0. The molecule has 0 radical (unpaired) electrons. The predicted octanol–water partition coefficient (Wildman–Crippen LogP) is 22.9. The minimum Gasteiger partial charge on any atom is -0.756 e. The van der Waals surface area contributed by atoms with E-state index in [1.165, 1.54) is 212 Å². The summed E-state index contributed by atoms with van der Waals surface area (Å²) in [6, 6.07) is -0.892. The van der Waals surface area contributed by atoms with E-state index >= 15 is 0 Å². The predicted molar refractivity (Wildman–Crippen MR) is 372 cm³/mol. The van der Waals surface area contributed by atoms with Crippen molar-refractivity contribution in [3.05, 3.63) is 72.9 Å². The van der Waals surface area contributed by atoms with Crippen LogP contribution in [0.5, 0.6) is 0 Å². The van der Waals surface area contributed by atoms with E-state index in [0.717, 1.165) is 103 Å². The van der Waals surface area contributed by atoms with Crippen LogP contribution >= 0.6 is 7.82 Å². The molecule has 0 bridgehead atoms. The number of carbonyl (C=O) groups is 2. The minimum absolute atomic E-state index is 0.0234. The summed E-state index contributed by atoms with van der Waals surface area (Å²) in [5, 5.41) is 3.05. The number of hydrogen-bond donors (Lipinski definition) is 1. The number of amides is 1. The summed E-state index contributed by atoms with van der Waals surface area (Å²) in [7, 11) is 1.19. The fraction of sp³-hybridized carbons (Fsp3) is 0.816. The van der Waals surface area contributed by atoms with Gasteiger partial charge in [-0.05, 0) is 76.7 Å². The third kappa shape index (κ3) is 65.9. The van der Waals surface area contributed by atoms with Crippen molar-refractivity contribution >= 4 is 19.7 Å². The Labute approximate surface area is 533 Å². The fourth-order valence-corrected chi connectivity index (χ4v) is 11.5. The molecule has 0 aliphatic heterocycles. The van der Waals surface area contributed by atoms with E-state index in [1.807, 2.05) is 33.3 Å². The molecule has 0 aromatic heterocycles. The van der Waals surface area contributed by atoms with E-state index in [0.29, 0.717) is 17.4 Å². The molecule has 0 aromatic rings. The SMILES string of the molecule is CC/C=C\C/C=C\C/C=C\C/C=C\C/C=C\CCCCCCCCCCCC(=O)OC(/C=C/CCCCCCCCCCCC)C(COP(=O)([O-])OCC[N+](C)(C)C)NC(=O)CCCCCCCCCCCCCCCCCCCCCCCCC. The smallest absolute Gasteiger partial charge is 0.306 e. The lowest BCUT2D eigenvalue weighted by Gasteiger charge is -2.30. The highest BCUT2D eigenvalue weighted by molar-refractivity contribution is 7.45. The Kier molecular flexibility index (Phi) is 63.5. The Bertz CT molecular complexity index is 1700. The summed E-state index contributed by atoms with van der Waals surface area (Å²) in [6.45, 7) is 6.77. The average molecular weight is 1230 g/mol. The van der Waals surface area contributed by atoms with Crippen LogP contribution in [0.1, 0.15) is 348 Å². The van der Waals surface area contributed by atoms with Crippen LogP contribution in [0.25, 0.3) is 0 Å². The number of ether oxygens (including phenoxy) is 1. The molecule has 0 aromatic carbocycles. The molecule has 0 heterocycles.